The molecule has 2 fully saturated rings. The third-order valence-corrected chi connectivity index (χ3v) is 4.92. The third kappa shape index (κ3) is 2.41. The summed E-state index contributed by atoms with van der Waals surface area (Å²) >= 11 is 2.07. The number of hydrogen-bond donors (Lipinski definition) is 1. The van der Waals surface area contributed by atoms with Crippen LogP contribution in [0.3, 0.4) is 0 Å². The molecule has 0 spiro atoms. The summed E-state index contributed by atoms with van der Waals surface area (Å²) in [4.78, 5) is 0. The van der Waals surface area contributed by atoms with Gasteiger partial charge in [-0.25, -0.2) is 0 Å². The second-order valence-corrected chi connectivity index (χ2v) is 5.69. The van der Waals surface area contributed by atoms with E-state index in [2.05, 4.69) is 11.8 Å². The zero-order valence-electron chi connectivity index (χ0n) is 8.37. The van der Waals surface area contributed by atoms with Gasteiger partial charge in [0.25, 0.3) is 0 Å². The molecule has 0 aromatic carbocycles. The average Bonchev–Trinajstić information content (AvgIpc) is 2.43. The van der Waals surface area contributed by atoms with Gasteiger partial charge in [0, 0.05) is 11.8 Å². The smallest absolute Gasteiger partial charge is 0.0169 e. The van der Waals surface area contributed by atoms with Crippen molar-refractivity contribution in [3.05, 3.63) is 0 Å². The fraction of sp³-hybridized carbons (Fsp3) is 1.00. The first kappa shape index (κ1) is 9.85. The third-order valence-electron chi connectivity index (χ3n) is 3.68. The molecule has 1 heterocycles. The Hall–Kier alpha value is 0.310. The van der Waals surface area contributed by atoms with Crippen molar-refractivity contribution in [1.82, 2.24) is 0 Å². The van der Waals surface area contributed by atoms with E-state index in [4.69, 9.17) is 5.73 Å². The van der Waals surface area contributed by atoms with Crippen molar-refractivity contribution in [2.45, 2.75) is 44.6 Å². The molecule has 2 aliphatic rings. The van der Waals surface area contributed by atoms with Crippen LogP contribution in [0.5, 0.6) is 0 Å². The summed E-state index contributed by atoms with van der Waals surface area (Å²) in [6.07, 6.45) is 8.76. The molecule has 0 bridgehead atoms. The molecule has 0 radical (unpaired) electrons. The molecule has 13 heavy (non-hydrogen) atoms. The quantitative estimate of drug-likeness (QED) is 0.657. The molecule has 2 unspecified atom stereocenters. The first-order valence-electron chi connectivity index (χ1n) is 5.71. The van der Waals surface area contributed by atoms with Crippen LogP contribution >= 0.6 is 11.8 Å². The maximum absolute atomic E-state index is 6.14. The molecule has 2 rings (SSSR count). The summed E-state index contributed by atoms with van der Waals surface area (Å²) < 4.78 is 0. The van der Waals surface area contributed by atoms with Crippen molar-refractivity contribution in [3.63, 3.8) is 0 Å². The predicted molar refractivity (Wildman–Crippen MR) is 60.0 cm³/mol. The van der Waals surface area contributed by atoms with E-state index in [1.54, 1.807) is 0 Å². The fourth-order valence-electron chi connectivity index (χ4n) is 2.81. The Morgan fingerprint density at radius 2 is 1.62 bits per heavy atom. The van der Waals surface area contributed by atoms with Gasteiger partial charge in [-0.05, 0) is 17.6 Å². The molecule has 0 aromatic heterocycles. The number of thioether (sulfide) groups is 1. The van der Waals surface area contributed by atoms with E-state index < -0.39 is 0 Å². The lowest BCUT2D eigenvalue weighted by atomic mass is 9.83. The molecule has 1 saturated carbocycles. The normalized spacial score (nSPS) is 37.6. The summed E-state index contributed by atoms with van der Waals surface area (Å²) in [5.74, 6) is 4.36. The SMILES string of the molecule is NC1CSCC1C1CCCCCC1. The van der Waals surface area contributed by atoms with Gasteiger partial charge in [-0.15, -0.1) is 0 Å². The number of rotatable bonds is 1. The van der Waals surface area contributed by atoms with Crippen molar-refractivity contribution in [3.8, 4) is 0 Å². The monoisotopic (exact) mass is 199 g/mol. The molecule has 2 heteroatoms. The summed E-state index contributed by atoms with van der Waals surface area (Å²) in [7, 11) is 0. The summed E-state index contributed by atoms with van der Waals surface area (Å²) in [6.45, 7) is 0. The number of hydrogen-bond acceptors (Lipinski definition) is 2. The molecule has 1 saturated heterocycles. The lowest BCUT2D eigenvalue weighted by Crippen LogP contribution is -2.33. The van der Waals surface area contributed by atoms with E-state index in [-0.39, 0.29) is 0 Å². The first-order valence-corrected chi connectivity index (χ1v) is 6.87. The molecule has 0 aromatic rings. The van der Waals surface area contributed by atoms with Crippen LogP contribution in [0.4, 0.5) is 0 Å². The van der Waals surface area contributed by atoms with Crippen LogP contribution in [-0.2, 0) is 0 Å². The maximum atomic E-state index is 6.14. The van der Waals surface area contributed by atoms with Crippen molar-refractivity contribution < 1.29 is 0 Å². The molecular formula is C11H21NS. The standard InChI is InChI=1S/C11H21NS/c12-11-8-13-7-10(11)9-5-3-1-2-4-6-9/h9-11H,1-8,12H2. The van der Waals surface area contributed by atoms with Crippen LogP contribution in [0.25, 0.3) is 0 Å². The molecule has 2 N–H and O–H groups in total. The van der Waals surface area contributed by atoms with Crippen molar-refractivity contribution >= 4 is 11.8 Å². The highest BCUT2D eigenvalue weighted by molar-refractivity contribution is 7.99. The Bertz CT molecular complexity index is 152. The molecular weight excluding hydrogens is 178 g/mol. The largest absolute Gasteiger partial charge is 0.327 e. The van der Waals surface area contributed by atoms with Crippen molar-refractivity contribution in [2.24, 2.45) is 17.6 Å². The van der Waals surface area contributed by atoms with Crippen LogP contribution < -0.4 is 5.73 Å². The number of nitrogens with two attached hydrogens (primary N) is 1. The fourth-order valence-corrected chi connectivity index (χ4v) is 4.26. The first-order chi connectivity index (χ1) is 6.38. The molecule has 0 amide bonds. The highest BCUT2D eigenvalue weighted by atomic mass is 32.2. The van der Waals surface area contributed by atoms with Crippen LogP contribution in [0, 0.1) is 11.8 Å². The van der Waals surface area contributed by atoms with Crippen LogP contribution in [-0.4, -0.2) is 17.5 Å². The summed E-state index contributed by atoms with van der Waals surface area (Å²) in [5.41, 5.74) is 6.14. The van der Waals surface area contributed by atoms with Gasteiger partial charge < -0.3 is 5.73 Å². The zero-order valence-corrected chi connectivity index (χ0v) is 9.19. The van der Waals surface area contributed by atoms with Crippen LogP contribution in [0.2, 0.25) is 0 Å². The Morgan fingerprint density at radius 1 is 0.923 bits per heavy atom. The minimum Gasteiger partial charge on any atom is -0.327 e. The van der Waals surface area contributed by atoms with Gasteiger partial charge in [-0.1, -0.05) is 38.5 Å². The van der Waals surface area contributed by atoms with E-state index in [0.29, 0.717) is 6.04 Å². The van der Waals surface area contributed by atoms with Crippen LogP contribution in [0.15, 0.2) is 0 Å². The van der Waals surface area contributed by atoms with Gasteiger partial charge in [0.2, 0.25) is 0 Å². The topological polar surface area (TPSA) is 26.0 Å². The second-order valence-electron chi connectivity index (χ2n) is 4.62. The highest BCUT2D eigenvalue weighted by Gasteiger charge is 2.31. The van der Waals surface area contributed by atoms with Crippen molar-refractivity contribution in [2.75, 3.05) is 11.5 Å². The maximum Gasteiger partial charge on any atom is 0.0169 e. The Kier molecular flexibility index (Phi) is 3.56. The highest BCUT2D eigenvalue weighted by Crippen LogP contribution is 2.36. The van der Waals surface area contributed by atoms with Crippen LogP contribution in [0.1, 0.15) is 38.5 Å². The minimum atomic E-state index is 0.507. The zero-order chi connectivity index (χ0) is 9.10. The van der Waals surface area contributed by atoms with E-state index in [1.165, 1.54) is 50.0 Å². The second kappa shape index (κ2) is 4.70. The molecule has 1 nitrogen and oxygen atoms in total. The molecule has 76 valence electrons. The molecule has 1 aliphatic carbocycles. The molecule has 2 atom stereocenters. The van der Waals surface area contributed by atoms with Gasteiger partial charge in [0.15, 0.2) is 0 Å². The Labute approximate surface area is 85.8 Å². The van der Waals surface area contributed by atoms with E-state index >= 15 is 0 Å². The van der Waals surface area contributed by atoms with Gasteiger partial charge >= 0.3 is 0 Å². The average molecular weight is 199 g/mol. The van der Waals surface area contributed by atoms with Gasteiger partial charge in [-0.2, -0.15) is 11.8 Å². The minimum absolute atomic E-state index is 0.507. The molecule has 1 aliphatic heterocycles. The van der Waals surface area contributed by atoms with Crippen molar-refractivity contribution in [1.29, 1.82) is 0 Å². The summed E-state index contributed by atoms with van der Waals surface area (Å²) in [5, 5.41) is 0. The Balaban J connectivity index is 1.89. The lowest BCUT2D eigenvalue weighted by Gasteiger charge is -2.24. The Morgan fingerprint density at radius 3 is 2.15 bits per heavy atom. The van der Waals surface area contributed by atoms with E-state index in [1.807, 2.05) is 0 Å². The summed E-state index contributed by atoms with van der Waals surface area (Å²) in [6, 6.07) is 0.507. The lowest BCUT2D eigenvalue weighted by molar-refractivity contribution is 0.300. The van der Waals surface area contributed by atoms with Gasteiger partial charge in [0.05, 0.1) is 0 Å². The van der Waals surface area contributed by atoms with Gasteiger partial charge in [0.1, 0.15) is 0 Å². The van der Waals surface area contributed by atoms with E-state index in [0.717, 1.165) is 11.8 Å². The predicted octanol–water partition coefficient (Wildman–Crippen LogP) is 2.65. The van der Waals surface area contributed by atoms with Gasteiger partial charge in [-0.3, -0.25) is 0 Å². The van der Waals surface area contributed by atoms with E-state index in [9.17, 15) is 0 Å².